The molecule has 2 saturated heterocycles. The summed E-state index contributed by atoms with van der Waals surface area (Å²) in [5.41, 5.74) is -0.201. The zero-order valence-electron chi connectivity index (χ0n) is 13.9. The number of carbonyl (C=O) groups is 1. The highest BCUT2D eigenvalue weighted by Crippen LogP contribution is 2.33. The number of alkyl halides is 2. The highest BCUT2D eigenvalue weighted by Gasteiger charge is 2.44. The first-order valence-electron chi connectivity index (χ1n) is 8.10. The van der Waals surface area contributed by atoms with Gasteiger partial charge in [-0.3, -0.25) is 4.90 Å². The van der Waals surface area contributed by atoms with Gasteiger partial charge in [0.05, 0.1) is 6.54 Å². The van der Waals surface area contributed by atoms with Crippen LogP contribution in [0.3, 0.4) is 0 Å². The number of hydrogen-bond donors (Lipinski definition) is 0. The number of amides is 2. The molecule has 7 heteroatoms. The maximum absolute atomic E-state index is 12.9. The number of halogens is 2. The molecular weight excluding hydrogens is 290 g/mol. The zero-order valence-corrected chi connectivity index (χ0v) is 13.9. The Morgan fingerprint density at radius 2 is 1.82 bits per heavy atom. The molecule has 2 aliphatic heterocycles. The van der Waals surface area contributed by atoms with E-state index in [9.17, 15) is 13.6 Å². The van der Waals surface area contributed by atoms with Crippen molar-refractivity contribution in [3.63, 3.8) is 0 Å². The maximum atomic E-state index is 12.9. The Morgan fingerprint density at radius 1 is 1.18 bits per heavy atom. The largest absolute Gasteiger partial charge is 0.331 e. The summed E-state index contributed by atoms with van der Waals surface area (Å²) in [6.07, 6.45) is -0.752. The van der Waals surface area contributed by atoms with E-state index < -0.39 is 6.43 Å². The van der Waals surface area contributed by atoms with Crippen LogP contribution in [0.25, 0.3) is 0 Å². The van der Waals surface area contributed by atoms with Crippen molar-refractivity contribution in [3.8, 4) is 0 Å². The van der Waals surface area contributed by atoms with E-state index in [-0.39, 0.29) is 18.1 Å². The lowest BCUT2D eigenvalue weighted by atomic mass is 9.83. The molecule has 0 aromatic carbocycles. The van der Waals surface area contributed by atoms with Crippen LogP contribution < -0.4 is 0 Å². The average molecular weight is 318 g/mol. The minimum atomic E-state index is -2.30. The van der Waals surface area contributed by atoms with Crippen LogP contribution in [0.1, 0.15) is 19.8 Å². The predicted molar refractivity (Wildman–Crippen MR) is 82.3 cm³/mol. The fourth-order valence-corrected chi connectivity index (χ4v) is 3.69. The number of piperidine rings is 1. The predicted octanol–water partition coefficient (Wildman–Crippen LogP) is 1.41. The van der Waals surface area contributed by atoms with Gasteiger partial charge in [-0.05, 0) is 19.4 Å². The number of rotatable bonds is 3. The fraction of sp³-hybridized carbons (Fsp3) is 0.933. The summed E-state index contributed by atoms with van der Waals surface area (Å²) in [5, 5.41) is 0. The Hall–Kier alpha value is -0.950. The van der Waals surface area contributed by atoms with E-state index in [1.165, 1.54) is 0 Å². The molecule has 1 spiro atoms. The van der Waals surface area contributed by atoms with Crippen molar-refractivity contribution < 1.29 is 13.6 Å². The first kappa shape index (κ1) is 17.4. The van der Waals surface area contributed by atoms with E-state index in [0.29, 0.717) is 19.6 Å². The minimum Gasteiger partial charge on any atom is -0.331 e. The lowest BCUT2D eigenvalue weighted by Crippen LogP contribution is -2.66. The third kappa shape index (κ3) is 3.68. The molecular formula is C15H28F2N4O. The van der Waals surface area contributed by atoms with Gasteiger partial charge >= 0.3 is 6.03 Å². The van der Waals surface area contributed by atoms with E-state index in [4.69, 9.17) is 0 Å². The van der Waals surface area contributed by atoms with Crippen LogP contribution in [0.5, 0.6) is 0 Å². The van der Waals surface area contributed by atoms with Crippen LogP contribution in [-0.2, 0) is 0 Å². The second-order valence-electron chi connectivity index (χ2n) is 6.59. The lowest BCUT2D eigenvalue weighted by molar-refractivity contribution is -0.0607. The second kappa shape index (κ2) is 7.08. The summed E-state index contributed by atoms with van der Waals surface area (Å²) in [7, 11) is 3.49. The highest BCUT2D eigenvalue weighted by atomic mass is 19.3. The van der Waals surface area contributed by atoms with Crippen LogP contribution >= 0.6 is 0 Å². The summed E-state index contributed by atoms with van der Waals surface area (Å²) in [4.78, 5) is 19.8. The van der Waals surface area contributed by atoms with E-state index in [1.807, 2.05) is 9.80 Å². The quantitative estimate of drug-likeness (QED) is 0.788. The molecule has 0 radical (unpaired) electrons. The molecule has 0 aromatic rings. The van der Waals surface area contributed by atoms with E-state index >= 15 is 0 Å². The van der Waals surface area contributed by atoms with E-state index in [1.54, 1.807) is 19.0 Å². The molecule has 0 unspecified atom stereocenters. The summed E-state index contributed by atoms with van der Waals surface area (Å²) in [5.74, 6) is 0. The Morgan fingerprint density at radius 3 is 2.32 bits per heavy atom. The van der Waals surface area contributed by atoms with Crippen molar-refractivity contribution in [2.24, 2.45) is 0 Å². The Labute approximate surface area is 131 Å². The molecule has 128 valence electrons. The molecule has 2 amide bonds. The molecule has 5 nitrogen and oxygen atoms in total. The smallest absolute Gasteiger partial charge is 0.319 e. The van der Waals surface area contributed by atoms with Crippen LogP contribution in [0.2, 0.25) is 0 Å². The molecule has 0 saturated carbocycles. The normalized spacial score (nSPS) is 23.3. The topological polar surface area (TPSA) is 30.0 Å². The average Bonchev–Trinajstić information content (AvgIpc) is 2.49. The summed E-state index contributed by atoms with van der Waals surface area (Å²) < 4.78 is 25.8. The van der Waals surface area contributed by atoms with Crippen LogP contribution in [0.15, 0.2) is 0 Å². The lowest BCUT2D eigenvalue weighted by Gasteiger charge is -2.54. The SMILES string of the molecule is CCN1CCN(CC(F)F)C2(CCN(C(=O)N(C)C)CC2)C1. The Kier molecular flexibility index (Phi) is 5.60. The van der Waals surface area contributed by atoms with Crippen molar-refractivity contribution in [1.29, 1.82) is 0 Å². The van der Waals surface area contributed by atoms with Crippen molar-refractivity contribution in [2.75, 3.05) is 59.9 Å². The summed E-state index contributed by atoms with van der Waals surface area (Å²) in [6.45, 7) is 6.58. The Bertz CT molecular complexity index is 384. The molecule has 0 atom stereocenters. The maximum Gasteiger partial charge on any atom is 0.319 e. The van der Waals surface area contributed by atoms with Gasteiger partial charge in [0.1, 0.15) is 0 Å². The molecule has 2 heterocycles. The number of likely N-dealkylation sites (N-methyl/N-ethyl adjacent to an activating group) is 1. The first-order valence-corrected chi connectivity index (χ1v) is 8.10. The van der Waals surface area contributed by atoms with Gasteiger partial charge in [0, 0.05) is 52.4 Å². The molecule has 0 aliphatic carbocycles. The molecule has 0 N–H and O–H groups in total. The van der Waals surface area contributed by atoms with Gasteiger partial charge in [-0.25, -0.2) is 13.6 Å². The molecule has 22 heavy (non-hydrogen) atoms. The van der Waals surface area contributed by atoms with Gasteiger partial charge in [-0.15, -0.1) is 0 Å². The highest BCUT2D eigenvalue weighted by molar-refractivity contribution is 5.73. The van der Waals surface area contributed by atoms with Crippen molar-refractivity contribution in [3.05, 3.63) is 0 Å². The van der Waals surface area contributed by atoms with Crippen LogP contribution in [0, 0.1) is 0 Å². The van der Waals surface area contributed by atoms with Crippen molar-refractivity contribution >= 4 is 6.03 Å². The molecule has 2 fully saturated rings. The zero-order chi connectivity index (χ0) is 16.3. The number of likely N-dealkylation sites (tertiary alicyclic amines) is 1. The standard InChI is InChI=1S/C15H28F2N4O/c1-4-19-9-10-21(11-13(16)17)15(12-19)5-7-20(8-6-15)14(22)18(2)3/h13H,4-12H2,1-3H3. The van der Waals surface area contributed by atoms with Gasteiger partial charge in [0.2, 0.25) is 0 Å². The van der Waals surface area contributed by atoms with Crippen LogP contribution in [-0.4, -0.2) is 97.5 Å². The molecule has 0 bridgehead atoms. The van der Waals surface area contributed by atoms with Gasteiger partial charge in [-0.2, -0.15) is 0 Å². The van der Waals surface area contributed by atoms with Gasteiger partial charge < -0.3 is 14.7 Å². The molecule has 0 aromatic heterocycles. The second-order valence-corrected chi connectivity index (χ2v) is 6.59. The summed E-state index contributed by atoms with van der Waals surface area (Å²) >= 11 is 0. The van der Waals surface area contributed by atoms with E-state index in [2.05, 4.69) is 11.8 Å². The first-order chi connectivity index (χ1) is 10.4. The van der Waals surface area contributed by atoms with Crippen molar-refractivity contribution in [1.82, 2.24) is 19.6 Å². The van der Waals surface area contributed by atoms with Crippen LogP contribution in [0.4, 0.5) is 13.6 Å². The Balaban J connectivity index is 2.06. The molecule has 2 aliphatic rings. The minimum absolute atomic E-state index is 0.0124. The number of piperazine rings is 1. The summed E-state index contributed by atoms with van der Waals surface area (Å²) in [6, 6.07) is 0.0124. The monoisotopic (exact) mass is 318 g/mol. The molecule has 2 rings (SSSR count). The fourth-order valence-electron chi connectivity index (χ4n) is 3.69. The van der Waals surface area contributed by atoms with E-state index in [0.717, 1.165) is 32.5 Å². The van der Waals surface area contributed by atoms with Gasteiger partial charge in [-0.1, -0.05) is 6.92 Å². The number of carbonyl (C=O) groups excluding carboxylic acids is 1. The number of hydrogen-bond acceptors (Lipinski definition) is 3. The van der Waals surface area contributed by atoms with Crippen molar-refractivity contribution in [2.45, 2.75) is 31.7 Å². The number of nitrogens with zero attached hydrogens (tertiary/aromatic N) is 4. The number of urea groups is 1. The van der Waals surface area contributed by atoms with Gasteiger partial charge in [0.25, 0.3) is 6.43 Å². The van der Waals surface area contributed by atoms with Gasteiger partial charge in [0.15, 0.2) is 0 Å². The third-order valence-corrected chi connectivity index (χ3v) is 5.03. The third-order valence-electron chi connectivity index (χ3n) is 5.03.